The number of hydrogen-bond donors (Lipinski definition) is 2. The predicted molar refractivity (Wildman–Crippen MR) is 67.7 cm³/mol. The molecule has 20 heavy (non-hydrogen) atoms. The van der Waals surface area contributed by atoms with Gasteiger partial charge >= 0.3 is 12.1 Å². The SMILES string of the molecule is CC(C)CC(NC(=O)OC1CCC(F)(F)CC1)C(=O)O. The van der Waals surface area contributed by atoms with Gasteiger partial charge in [0.25, 0.3) is 0 Å². The molecule has 0 heterocycles. The molecule has 0 aromatic rings. The van der Waals surface area contributed by atoms with E-state index in [1.165, 1.54) is 0 Å². The second-order valence-corrected chi connectivity index (χ2v) is 5.63. The van der Waals surface area contributed by atoms with Crippen LogP contribution in [0.5, 0.6) is 0 Å². The molecule has 0 aliphatic heterocycles. The van der Waals surface area contributed by atoms with Gasteiger partial charge in [-0.15, -0.1) is 0 Å². The molecule has 0 aromatic heterocycles. The van der Waals surface area contributed by atoms with Gasteiger partial charge in [0, 0.05) is 12.8 Å². The van der Waals surface area contributed by atoms with Crippen LogP contribution in [0.15, 0.2) is 0 Å². The third-order valence-electron chi connectivity index (χ3n) is 3.24. The molecule has 1 unspecified atom stereocenters. The number of hydrogen-bond acceptors (Lipinski definition) is 3. The van der Waals surface area contributed by atoms with Gasteiger partial charge in [-0.1, -0.05) is 13.8 Å². The highest BCUT2D eigenvalue weighted by atomic mass is 19.3. The number of halogens is 2. The fourth-order valence-corrected chi connectivity index (χ4v) is 2.15. The van der Waals surface area contributed by atoms with Crippen LogP contribution < -0.4 is 5.32 Å². The molecule has 1 aliphatic carbocycles. The predicted octanol–water partition coefficient (Wildman–Crippen LogP) is 2.79. The lowest BCUT2D eigenvalue weighted by molar-refractivity contribution is -0.139. The fourth-order valence-electron chi connectivity index (χ4n) is 2.15. The molecule has 2 N–H and O–H groups in total. The number of alkyl halides is 2. The van der Waals surface area contributed by atoms with Crippen LogP contribution >= 0.6 is 0 Å². The van der Waals surface area contributed by atoms with E-state index >= 15 is 0 Å². The minimum atomic E-state index is -2.68. The van der Waals surface area contributed by atoms with Crippen molar-refractivity contribution in [3.05, 3.63) is 0 Å². The summed E-state index contributed by atoms with van der Waals surface area (Å²) in [6.07, 6.45) is -1.55. The zero-order chi connectivity index (χ0) is 15.3. The highest BCUT2D eigenvalue weighted by Crippen LogP contribution is 2.34. The molecule has 116 valence electrons. The number of carboxylic acid groups (broad SMARTS) is 1. The number of nitrogens with one attached hydrogen (secondary N) is 1. The summed E-state index contributed by atoms with van der Waals surface area (Å²) in [4.78, 5) is 22.6. The molecule has 5 nitrogen and oxygen atoms in total. The van der Waals surface area contributed by atoms with Crippen molar-refractivity contribution >= 4 is 12.1 Å². The van der Waals surface area contributed by atoms with Gasteiger partial charge in [-0.25, -0.2) is 18.4 Å². The lowest BCUT2D eigenvalue weighted by atomic mass is 9.94. The van der Waals surface area contributed by atoms with Crippen molar-refractivity contribution in [1.29, 1.82) is 0 Å². The summed E-state index contributed by atoms with van der Waals surface area (Å²) in [7, 11) is 0. The first-order chi connectivity index (χ1) is 9.19. The molecule has 1 atom stereocenters. The number of aliphatic carboxylic acids is 1. The number of carboxylic acids is 1. The summed E-state index contributed by atoms with van der Waals surface area (Å²) in [5.74, 6) is -3.71. The lowest BCUT2D eigenvalue weighted by Crippen LogP contribution is -2.43. The molecule has 1 fully saturated rings. The lowest BCUT2D eigenvalue weighted by Gasteiger charge is -2.28. The van der Waals surface area contributed by atoms with E-state index in [0.717, 1.165) is 0 Å². The van der Waals surface area contributed by atoms with E-state index in [1.54, 1.807) is 0 Å². The summed E-state index contributed by atoms with van der Waals surface area (Å²) in [5.41, 5.74) is 0. The monoisotopic (exact) mass is 293 g/mol. The van der Waals surface area contributed by atoms with Crippen molar-refractivity contribution in [2.24, 2.45) is 5.92 Å². The van der Waals surface area contributed by atoms with Crippen LogP contribution in [-0.2, 0) is 9.53 Å². The van der Waals surface area contributed by atoms with Gasteiger partial charge in [-0.05, 0) is 25.2 Å². The van der Waals surface area contributed by atoms with Crippen LogP contribution in [0.4, 0.5) is 13.6 Å². The summed E-state index contributed by atoms with van der Waals surface area (Å²) in [5, 5.41) is 11.2. The quantitative estimate of drug-likeness (QED) is 0.817. The minimum absolute atomic E-state index is 0.0995. The summed E-state index contributed by atoms with van der Waals surface area (Å²) < 4.78 is 30.9. The second kappa shape index (κ2) is 6.85. The van der Waals surface area contributed by atoms with Crippen molar-refractivity contribution in [2.75, 3.05) is 0 Å². The standard InChI is InChI=1S/C13H21F2NO4/c1-8(2)7-10(11(17)18)16-12(19)20-9-3-5-13(14,15)6-4-9/h8-10H,3-7H2,1-2H3,(H,16,19)(H,17,18). The third-order valence-corrected chi connectivity index (χ3v) is 3.24. The van der Waals surface area contributed by atoms with E-state index in [4.69, 9.17) is 9.84 Å². The van der Waals surface area contributed by atoms with Gasteiger partial charge in [0.1, 0.15) is 12.1 Å². The van der Waals surface area contributed by atoms with E-state index in [-0.39, 0.29) is 38.0 Å². The Morgan fingerprint density at radius 1 is 1.35 bits per heavy atom. The number of carbonyl (C=O) groups is 2. The van der Waals surface area contributed by atoms with Crippen LogP contribution in [0.25, 0.3) is 0 Å². The Kier molecular flexibility index (Phi) is 5.71. The number of amides is 1. The Bertz CT molecular complexity index is 350. The molecule has 0 bridgehead atoms. The van der Waals surface area contributed by atoms with Crippen LogP contribution in [0.1, 0.15) is 46.0 Å². The van der Waals surface area contributed by atoms with E-state index in [0.29, 0.717) is 0 Å². The molecule has 0 saturated heterocycles. The second-order valence-electron chi connectivity index (χ2n) is 5.63. The fraction of sp³-hybridized carbons (Fsp3) is 0.846. The maximum Gasteiger partial charge on any atom is 0.408 e. The van der Waals surface area contributed by atoms with E-state index in [9.17, 15) is 18.4 Å². The summed E-state index contributed by atoms with van der Waals surface area (Å²) >= 11 is 0. The maximum atomic E-state index is 12.9. The van der Waals surface area contributed by atoms with Gasteiger partial charge < -0.3 is 15.2 Å². The molecule has 0 aromatic carbocycles. The molecule has 7 heteroatoms. The molecule has 1 aliphatic rings. The highest BCUT2D eigenvalue weighted by molar-refractivity contribution is 5.79. The Balaban J connectivity index is 2.40. The number of rotatable bonds is 5. The number of ether oxygens (including phenoxy) is 1. The largest absolute Gasteiger partial charge is 0.480 e. The number of alkyl carbamates (subject to hydrolysis) is 1. The average molecular weight is 293 g/mol. The summed E-state index contributed by atoms with van der Waals surface area (Å²) in [6, 6.07) is -1.02. The van der Waals surface area contributed by atoms with Crippen LogP contribution in [0, 0.1) is 5.92 Å². The van der Waals surface area contributed by atoms with Crippen LogP contribution in [0.3, 0.4) is 0 Å². The van der Waals surface area contributed by atoms with Crippen molar-refractivity contribution < 1.29 is 28.2 Å². The smallest absolute Gasteiger partial charge is 0.408 e. The average Bonchev–Trinajstić information content (AvgIpc) is 2.30. The van der Waals surface area contributed by atoms with Gasteiger partial charge in [0.05, 0.1) is 0 Å². The van der Waals surface area contributed by atoms with Crippen molar-refractivity contribution in [3.8, 4) is 0 Å². The van der Waals surface area contributed by atoms with Crippen LogP contribution in [0.2, 0.25) is 0 Å². The number of carbonyl (C=O) groups excluding carboxylic acids is 1. The third kappa shape index (κ3) is 5.71. The van der Waals surface area contributed by atoms with Gasteiger partial charge in [-0.2, -0.15) is 0 Å². The first-order valence-electron chi connectivity index (χ1n) is 6.77. The first kappa shape index (κ1) is 16.7. The molecule has 0 spiro atoms. The van der Waals surface area contributed by atoms with E-state index in [1.807, 2.05) is 13.8 Å². The topological polar surface area (TPSA) is 75.6 Å². The normalized spacial score (nSPS) is 20.4. The Morgan fingerprint density at radius 3 is 2.35 bits per heavy atom. The Labute approximate surface area is 116 Å². The highest BCUT2D eigenvalue weighted by Gasteiger charge is 2.36. The Hall–Kier alpha value is -1.40. The van der Waals surface area contributed by atoms with Gasteiger partial charge in [0.2, 0.25) is 5.92 Å². The van der Waals surface area contributed by atoms with E-state index < -0.39 is 30.1 Å². The molecule has 0 radical (unpaired) electrons. The molecule has 1 amide bonds. The zero-order valence-electron chi connectivity index (χ0n) is 11.7. The molecular formula is C13H21F2NO4. The minimum Gasteiger partial charge on any atom is -0.480 e. The maximum absolute atomic E-state index is 12.9. The summed E-state index contributed by atoms with van der Waals surface area (Å²) in [6.45, 7) is 3.68. The van der Waals surface area contributed by atoms with Gasteiger partial charge in [0.15, 0.2) is 0 Å². The molecule has 1 saturated carbocycles. The molecular weight excluding hydrogens is 272 g/mol. The molecule has 1 rings (SSSR count). The van der Waals surface area contributed by atoms with Crippen LogP contribution in [-0.4, -0.2) is 35.2 Å². The zero-order valence-corrected chi connectivity index (χ0v) is 11.7. The van der Waals surface area contributed by atoms with Crippen molar-refractivity contribution in [1.82, 2.24) is 5.32 Å². The first-order valence-corrected chi connectivity index (χ1v) is 6.77. The van der Waals surface area contributed by atoms with E-state index in [2.05, 4.69) is 5.32 Å². The Morgan fingerprint density at radius 2 is 1.90 bits per heavy atom. The van der Waals surface area contributed by atoms with Crippen molar-refractivity contribution in [2.45, 2.75) is 64.0 Å². The van der Waals surface area contributed by atoms with Crippen molar-refractivity contribution in [3.63, 3.8) is 0 Å². The van der Waals surface area contributed by atoms with Gasteiger partial charge in [-0.3, -0.25) is 0 Å².